The van der Waals surface area contributed by atoms with E-state index >= 15 is 0 Å². The van der Waals surface area contributed by atoms with Crippen molar-refractivity contribution in [1.29, 1.82) is 5.26 Å². The highest BCUT2D eigenvalue weighted by Gasteiger charge is 2.21. The van der Waals surface area contributed by atoms with Crippen LogP contribution in [0.1, 0.15) is 38.2 Å². The summed E-state index contributed by atoms with van der Waals surface area (Å²) in [5, 5.41) is 17.0. The number of carbonyl (C=O) groups excluding carboxylic acids is 2. The predicted molar refractivity (Wildman–Crippen MR) is 83.2 cm³/mol. The van der Waals surface area contributed by atoms with Crippen molar-refractivity contribution in [2.75, 3.05) is 5.32 Å². The van der Waals surface area contributed by atoms with E-state index < -0.39 is 12.1 Å². The summed E-state index contributed by atoms with van der Waals surface area (Å²) in [5.74, 6) is -0.173. The summed E-state index contributed by atoms with van der Waals surface area (Å²) in [6, 6.07) is 7.75. The molecule has 116 valence electrons. The maximum absolute atomic E-state index is 12.0. The topological polar surface area (TPSA) is 94.0 Å². The first-order valence-corrected chi connectivity index (χ1v) is 7.46. The van der Waals surface area contributed by atoms with E-state index in [-0.39, 0.29) is 11.9 Å². The first kappa shape index (κ1) is 15.8. The lowest BCUT2D eigenvalue weighted by molar-refractivity contribution is -0.123. The van der Waals surface area contributed by atoms with Crippen molar-refractivity contribution in [2.24, 2.45) is 0 Å². The van der Waals surface area contributed by atoms with Crippen molar-refractivity contribution < 1.29 is 9.59 Å². The van der Waals surface area contributed by atoms with E-state index in [9.17, 15) is 9.59 Å². The molecule has 0 bridgehead atoms. The van der Waals surface area contributed by atoms with Crippen molar-refractivity contribution in [3.05, 3.63) is 29.8 Å². The molecule has 0 aliphatic heterocycles. The predicted octanol–water partition coefficient (Wildman–Crippen LogP) is 2.13. The molecule has 1 aromatic rings. The smallest absolute Gasteiger partial charge is 0.319 e. The maximum atomic E-state index is 12.0. The number of hydrogen-bond donors (Lipinski definition) is 3. The summed E-state index contributed by atoms with van der Waals surface area (Å²) in [6.45, 7) is 1.65. The zero-order valence-corrected chi connectivity index (χ0v) is 12.6. The molecular weight excluding hydrogens is 280 g/mol. The molecule has 0 unspecified atom stereocenters. The first-order chi connectivity index (χ1) is 10.6. The van der Waals surface area contributed by atoms with Crippen LogP contribution in [-0.2, 0) is 4.79 Å². The van der Waals surface area contributed by atoms with Crippen LogP contribution in [0.4, 0.5) is 10.5 Å². The Morgan fingerprint density at radius 2 is 2.05 bits per heavy atom. The molecule has 1 fully saturated rings. The molecule has 1 aliphatic rings. The standard InChI is InChI=1S/C16H20N4O2/c1-11(15(21)19-13-6-2-3-7-13)18-16(22)20-14-8-4-5-12(9-14)10-17/h4-5,8-9,11,13H,2-3,6-7H2,1H3,(H,19,21)(H2,18,20,22)/t11-/m1/s1. The molecule has 0 heterocycles. The Morgan fingerprint density at radius 3 is 2.73 bits per heavy atom. The molecule has 22 heavy (non-hydrogen) atoms. The number of nitrogens with zero attached hydrogens (tertiary/aromatic N) is 1. The van der Waals surface area contributed by atoms with Gasteiger partial charge in [-0.1, -0.05) is 18.9 Å². The van der Waals surface area contributed by atoms with Gasteiger partial charge in [-0.15, -0.1) is 0 Å². The van der Waals surface area contributed by atoms with Crippen LogP contribution in [0.5, 0.6) is 0 Å². The van der Waals surface area contributed by atoms with E-state index in [2.05, 4.69) is 16.0 Å². The first-order valence-electron chi connectivity index (χ1n) is 7.46. The third kappa shape index (κ3) is 4.48. The fourth-order valence-corrected chi connectivity index (χ4v) is 2.49. The van der Waals surface area contributed by atoms with Crippen LogP contribution in [-0.4, -0.2) is 24.0 Å². The van der Waals surface area contributed by atoms with Crippen LogP contribution in [0.2, 0.25) is 0 Å². The third-order valence-electron chi connectivity index (χ3n) is 3.69. The second kappa shape index (κ2) is 7.46. The quantitative estimate of drug-likeness (QED) is 0.795. The van der Waals surface area contributed by atoms with E-state index in [1.807, 2.05) is 6.07 Å². The van der Waals surface area contributed by atoms with Gasteiger partial charge in [0, 0.05) is 11.7 Å². The van der Waals surface area contributed by atoms with Gasteiger partial charge in [-0.3, -0.25) is 4.79 Å². The van der Waals surface area contributed by atoms with Gasteiger partial charge < -0.3 is 16.0 Å². The van der Waals surface area contributed by atoms with Crippen molar-refractivity contribution in [3.63, 3.8) is 0 Å². The second-order valence-electron chi connectivity index (χ2n) is 5.50. The lowest BCUT2D eigenvalue weighted by Crippen LogP contribution is -2.48. The van der Waals surface area contributed by atoms with E-state index in [4.69, 9.17) is 5.26 Å². The maximum Gasteiger partial charge on any atom is 0.319 e. The van der Waals surface area contributed by atoms with Gasteiger partial charge in [0.05, 0.1) is 11.6 Å². The SMILES string of the molecule is C[C@@H](NC(=O)Nc1cccc(C#N)c1)C(=O)NC1CCCC1. The number of amides is 3. The van der Waals surface area contributed by atoms with E-state index in [1.54, 1.807) is 31.2 Å². The number of rotatable bonds is 4. The normalized spacial score (nSPS) is 15.6. The van der Waals surface area contributed by atoms with Gasteiger partial charge >= 0.3 is 6.03 Å². The highest BCUT2D eigenvalue weighted by molar-refractivity contribution is 5.93. The van der Waals surface area contributed by atoms with Crippen molar-refractivity contribution >= 4 is 17.6 Å². The van der Waals surface area contributed by atoms with E-state index in [0.717, 1.165) is 25.7 Å². The molecule has 6 nitrogen and oxygen atoms in total. The molecule has 0 radical (unpaired) electrons. The Balaban J connectivity index is 1.82. The molecule has 3 N–H and O–H groups in total. The van der Waals surface area contributed by atoms with Crippen molar-refractivity contribution in [1.82, 2.24) is 10.6 Å². The molecule has 0 spiro atoms. The van der Waals surface area contributed by atoms with Crippen LogP contribution < -0.4 is 16.0 Å². The molecule has 1 aliphatic carbocycles. The van der Waals surface area contributed by atoms with E-state index in [1.165, 1.54) is 0 Å². The number of carbonyl (C=O) groups is 2. The Morgan fingerprint density at radius 1 is 1.32 bits per heavy atom. The Bertz CT molecular complexity index is 588. The largest absolute Gasteiger partial charge is 0.352 e. The van der Waals surface area contributed by atoms with Crippen LogP contribution >= 0.6 is 0 Å². The molecule has 2 rings (SSSR count). The minimum atomic E-state index is -0.611. The van der Waals surface area contributed by atoms with Gasteiger partial charge in [0.15, 0.2) is 0 Å². The number of urea groups is 1. The van der Waals surface area contributed by atoms with Crippen LogP contribution in [0.3, 0.4) is 0 Å². The third-order valence-corrected chi connectivity index (χ3v) is 3.69. The molecule has 1 atom stereocenters. The second-order valence-corrected chi connectivity index (χ2v) is 5.50. The monoisotopic (exact) mass is 300 g/mol. The van der Waals surface area contributed by atoms with Crippen LogP contribution in [0.25, 0.3) is 0 Å². The number of benzene rings is 1. The number of anilines is 1. The molecule has 1 saturated carbocycles. The lowest BCUT2D eigenvalue weighted by atomic mass is 10.2. The fourth-order valence-electron chi connectivity index (χ4n) is 2.49. The van der Waals surface area contributed by atoms with Gasteiger partial charge in [-0.2, -0.15) is 5.26 Å². The number of nitriles is 1. The number of hydrogen-bond acceptors (Lipinski definition) is 3. The lowest BCUT2D eigenvalue weighted by Gasteiger charge is -2.18. The number of nitrogens with one attached hydrogen (secondary N) is 3. The molecular formula is C16H20N4O2. The van der Waals surface area contributed by atoms with Crippen molar-refractivity contribution in [3.8, 4) is 6.07 Å². The van der Waals surface area contributed by atoms with Gasteiger partial charge in [0.2, 0.25) is 5.91 Å². The fraction of sp³-hybridized carbons (Fsp3) is 0.438. The zero-order chi connectivity index (χ0) is 15.9. The molecule has 0 aromatic heterocycles. The average Bonchev–Trinajstić information content (AvgIpc) is 3.00. The summed E-state index contributed by atoms with van der Waals surface area (Å²) >= 11 is 0. The minimum Gasteiger partial charge on any atom is -0.352 e. The summed E-state index contributed by atoms with van der Waals surface area (Å²) in [4.78, 5) is 23.9. The van der Waals surface area contributed by atoms with Gasteiger partial charge in [0.1, 0.15) is 6.04 Å². The summed E-state index contributed by atoms with van der Waals surface area (Å²) in [5.41, 5.74) is 0.977. The minimum absolute atomic E-state index is 0.173. The summed E-state index contributed by atoms with van der Waals surface area (Å²) in [7, 11) is 0. The van der Waals surface area contributed by atoms with Gasteiger partial charge in [0.25, 0.3) is 0 Å². The Kier molecular flexibility index (Phi) is 5.37. The van der Waals surface area contributed by atoms with Gasteiger partial charge in [-0.05, 0) is 38.0 Å². The van der Waals surface area contributed by atoms with Crippen LogP contribution in [0.15, 0.2) is 24.3 Å². The van der Waals surface area contributed by atoms with Crippen molar-refractivity contribution in [2.45, 2.75) is 44.7 Å². The summed E-state index contributed by atoms with van der Waals surface area (Å²) < 4.78 is 0. The summed E-state index contributed by atoms with van der Waals surface area (Å²) in [6.07, 6.45) is 4.29. The van der Waals surface area contributed by atoms with E-state index in [0.29, 0.717) is 11.3 Å². The zero-order valence-electron chi connectivity index (χ0n) is 12.6. The Labute approximate surface area is 129 Å². The molecule has 1 aromatic carbocycles. The molecule has 3 amide bonds. The van der Waals surface area contributed by atoms with Gasteiger partial charge in [-0.25, -0.2) is 4.79 Å². The molecule has 6 heteroatoms. The molecule has 0 saturated heterocycles. The average molecular weight is 300 g/mol. The van der Waals surface area contributed by atoms with Crippen LogP contribution in [0, 0.1) is 11.3 Å². The highest BCUT2D eigenvalue weighted by atomic mass is 16.2. The highest BCUT2D eigenvalue weighted by Crippen LogP contribution is 2.17. The Hall–Kier alpha value is -2.55.